The molecule has 0 radical (unpaired) electrons. The van der Waals surface area contributed by atoms with E-state index < -0.39 is 11.2 Å². The van der Waals surface area contributed by atoms with Crippen molar-refractivity contribution in [3.8, 4) is 0 Å². The lowest BCUT2D eigenvalue weighted by Gasteiger charge is -2.50. The van der Waals surface area contributed by atoms with Gasteiger partial charge in [-0.15, -0.1) is 11.8 Å². The van der Waals surface area contributed by atoms with E-state index in [-0.39, 0.29) is 35.6 Å². The van der Waals surface area contributed by atoms with E-state index in [1.165, 1.54) is 25.9 Å². The molecular formula is C14H24N4O4S. The minimum Gasteiger partial charge on any atom is -0.468 e. The molecule has 8 nitrogen and oxygen atoms in total. The van der Waals surface area contributed by atoms with Crippen molar-refractivity contribution in [1.82, 2.24) is 20.4 Å². The molecule has 2 saturated heterocycles. The molecule has 2 heterocycles. The van der Waals surface area contributed by atoms with Crippen LogP contribution in [0.3, 0.4) is 0 Å². The first-order chi connectivity index (χ1) is 10.8. The lowest BCUT2D eigenvalue weighted by atomic mass is 9.97. The molecule has 0 aromatic heterocycles. The molecule has 2 N–H and O–H groups in total. The predicted molar refractivity (Wildman–Crippen MR) is 86.4 cm³/mol. The minimum absolute atomic E-state index is 0.0370. The summed E-state index contributed by atoms with van der Waals surface area (Å²) in [6.45, 7) is 3.76. The molecule has 9 heteroatoms. The van der Waals surface area contributed by atoms with Gasteiger partial charge in [0.05, 0.1) is 30.7 Å². The van der Waals surface area contributed by atoms with Gasteiger partial charge in [0.2, 0.25) is 5.91 Å². The van der Waals surface area contributed by atoms with Crippen LogP contribution in [0.15, 0.2) is 0 Å². The van der Waals surface area contributed by atoms with E-state index in [1.54, 1.807) is 18.9 Å². The van der Waals surface area contributed by atoms with Crippen LogP contribution in [0.4, 0.5) is 4.79 Å². The van der Waals surface area contributed by atoms with Gasteiger partial charge in [0.15, 0.2) is 0 Å². The van der Waals surface area contributed by atoms with Crippen LogP contribution in [0, 0.1) is 5.92 Å². The van der Waals surface area contributed by atoms with Crippen molar-refractivity contribution in [1.29, 1.82) is 0 Å². The molecule has 23 heavy (non-hydrogen) atoms. The summed E-state index contributed by atoms with van der Waals surface area (Å²) in [7, 11) is 4.51. The Bertz CT molecular complexity index is 503. The molecule has 3 amide bonds. The van der Waals surface area contributed by atoms with E-state index in [9.17, 15) is 14.4 Å². The maximum atomic E-state index is 12.6. The molecular weight excluding hydrogens is 320 g/mol. The number of imide groups is 1. The third-order valence-corrected chi connectivity index (χ3v) is 5.64. The monoisotopic (exact) mass is 344 g/mol. The maximum absolute atomic E-state index is 12.6. The van der Waals surface area contributed by atoms with Crippen LogP contribution in [-0.4, -0.2) is 71.9 Å². The second kappa shape index (κ2) is 7.06. The van der Waals surface area contributed by atoms with Crippen molar-refractivity contribution in [3.63, 3.8) is 0 Å². The zero-order valence-electron chi connectivity index (χ0n) is 14.0. The molecule has 130 valence electrons. The molecule has 2 aliphatic rings. The van der Waals surface area contributed by atoms with Gasteiger partial charge in [0, 0.05) is 14.1 Å². The number of methoxy groups -OCH3 is 1. The Labute approximate surface area is 140 Å². The highest BCUT2D eigenvalue weighted by molar-refractivity contribution is 8.01. The molecule has 5 unspecified atom stereocenters. The van der Waals surface area contributed by atoms with Gasteiger partial charge in [0.25, 0.3) is 0 Å². The van der Waals surface area contributed by atoms with Gasteiger partial charge in [-0.1, -0.05) is 6.92 Å². The maximum Gasteiger partial charge on any atom is 0.327 e. The predicted octanol–water partition coefficient (Wildman–Crippen LogP) is 0.00220. The minimum atomic E-state index is -0.470. The zero-order chi connectivity index (χ0) is 17.3. The van der Waals surface area contributed by atoms with Crippen LogP contribution in [0.25, 0.3) is 0 Å². The van der Waals surface area contributed by atoms with Gasteiger partial charge >= 0.3 is 12.0 Å². The average molecular weight is 344 g/mol. The van der Waals surface area contributed by atoms with Crippen molar-refractivity contribution in [2.75, 3.05) is 21.2 Å². The number of hydrogen-bond donors (Lipinski definition) is 2. The van der Waals surface area contributed by atoms with Crippen molar-refractivity contribution in [3.05, 3.63) is 0 Å². The van der Waals surface area contributed by atoms with Crippen LogP contribution >= 0.6 is 11.8 Å². The number of ether oxygens (including phenoxy) is 1. The van der Waals surface area contributed by atoms with Gasteiger partial charge in [-0.3, -0.25) is 25.1 Å². The Morgan fingerprint density at radius 2 is 2.00 bits per heavy atom. The number of esters is 1. The molecule has 0 saturated carbocycles. The smallest absolute Gasteiger partial charge is 0.327 e. The molecule has 2 aliphatic heterocycles. The summed E-state index contributed by atoms with van der Waals surface area (Å²) in [4.78, 5) is 39.2. The van der Waals surface area contributed by atoms with Gasteiger partial charge in [-0.05, 0) is 13.3 Å². The van der Waals surface area contributed by atoms with Crippen molar-refractivity contribution >= 4 is 29.7 Å². The highest BCUT2D eigenvalue weighted by Gasteiger charge is 2.51. The fourth-order valence-electron chi connectivity index (χ4n) is 2.92. The summed E-state index contributed by atoms with van der Waals surface area (Å²) in [5.74, 6) is -1.05. The molecule has 0 aromatic carbocycles. The van der Waals surface area contributed by atoms with Crippen LogP contribution in [-0.2, 0) is 14.3 Å². The van der Waals surface area contributed by atoms with E-state index in [0.717, 1.165) is 11.3 Å². The number of amides is 3. The Morgan fingerprint density at radius 1 is 1.35 bits per heavy atom. The van der Waals surface area contributed by atoms with E-state index in [4.69, 9.17) is 4.74 Å². The number of nitrogens with one attached hydrogen (secondary N) is 2. The van der Waals surface area contributed by atoms with Gasteiger partial charge in [-0.25, -0.2) is 4.79 Å². The Kier molecular flexibility index (Phi) is 5.53. The SMILES string of the molecule is CCC1NC(SC(C)C(=O)OC)C2C(=O)N(C)C(=O)N(C)C2N1. The third kappa shape index (κ3) is 3.31. The van der Waals surface area contributed by atoms with Crippen LogP contribution < -0.4 is 10.6 Å². The number of nitrogens with zero attached hydrogens (tertiary/aromatic N) is 2. The molecule has 0 aromatic rings. The molecule has 0 aliphatic carbocycles. The number of thioether (sulfide) groups is 1. The highest BCUT2D eigenvalue weighted by atomic mass is 32.2. The van der Waals surface area contributed by atoms with E-state index in [2.05, 4.69) is 10.6 Å². The Hall–Kier alpha value is -1.32. The van der Waals surface area contributed by atoms with Crippen LogP contribution in [0.2, 0.25) is 0 Å². The molecule has 0 spiro atoms. The summed E-state index contributed by atoms with van der Waals surface area (Å²) >= 11 is 1.36. The highest BCUT2D eigenvalue weighted by Crippen LogP contribution is 2.33. The standard InChI is InChI=1S/C14H24N4O4S/c1-6-8-15-10-9(12(19)18(4)14(21)17(10)3)11(16-8)23-7(2)13(20)22-5/h7-11,15-16H,6H2,1-5H3. The normalized spacial score (nSPS) is 32.6. The first-order valence-corrected chi connectivity index (χ1v) is 8.55. The second-order valence-electron chi connectivity index (χ2n) is 5.78. The largest absolute Gasteiger partial charge is 0.468 e. The summed E-state index contributed by atoms with van der Waals surface area (Å²) in [5, 5.41) is 5.96. The lowest BCUT2D eigenvalue weighted by Crippen LogP contribution is -2.74. The first-order valence-electron chi connectivity index (χ1n) is 7.61. The zero-order valence-corrected chi connectivity index (χ0v) is 14.8. The fraction of sp³-hybridized carbons (Fsp3) is 0.786. The number of hydrogen-bond acceptors (Lipinski definition) is 7. The molecule has 5 atom stereocenters. The van der Waals surface area contributed by atoms with E-state index >= 15 is 0 Å². The van der Waals surface area contributed by atoms with Crippen molar-refractivity contribution in [2.24, 2.45) is 5.92 Å². The topological polar surface area (TPSA) is 91.0 Å². The van der Waals surface area contributed by atoms with Crippen molar-refractivity contribution < 1.29 is 19.1 Å². The van der Waals surface area contributed by atoms with Gasteiger partial charge in [-0.2, -0.15) is 0 Å². The number of carbonyl (C=O) groups is 3. The molecule has 2 fully saturated rings. The van der Waals surface area contributed by atoms with E-state index in [1.807, 2.05) is 6.92 Å². The summed E-state index contributed by atoms with van der Waals surface area (Å²) in [5.41, 5.74) is 0. The van der Waals surface area contributed by atoms with Crippen LogP contribution in [0.5, 0.6) is 0 Å². The molecule has 0 bridgehead atoms. The first kappa shape index (κ1) is 18.0. The quantitative estimate of drug-likeness (QED) is 0.694. The van der Waals surface area contributed by atoms with Crippen LogP contribution in [0.1, 0.15) is 20.3 Å². The molecule has 2 rings (SSSR count). The summed E-state index contributed by atoms with van der Waals surface area (Å²) in [6, 6.07) is -0.328. The number of urea groups is 1. The average Bonchev–Trinajstić information content (AvgIpc) is 2.56. The number of fused-ring (bicyclic) bond motifs is 1. The van der Waals surface area contributed by atoms with Gasteiger partial charge < -0.3 is 9.64 Å². The lowest BCUT2D eigenvalue weighted by molar-refractivity contribution is -0.141. The Balaban J connectivity index is 2.26. The third-order valence-electron chi connectivity index (χ3n) is 4.32. The number of carbonyl (C=O) groups excluding carboxylic acids is 3. The fourth-order valence-corrected chi connectivity index (χ4v) is 4.24. The van der Waals surface area contributed by atoms with E-state index in [0.29, 0.717) is 0 Å². The Morgan fingerprint density at radius 3 is 2.57 bits per heavy atom. The second-order valence-corrected chi connectivity index (χ2v) is 7.26. The summed E-state index contributed by atoms with van der Waals surface area (Å²) in [6.07, 6.45) is 0.365. The number of rotatable bonds is 4. The van der Waals surface area contributed by atoms with Crippen molar-refractivity contribution in [2.45, 2.75) is 43.2 Å². The van der Waals surface area contributed by atoms with Gasteiger partial charge in [0.1, 0.15) is 5.25 Å². The summed E-state index contributed by atoms with van der Waals surface area (Å²) < 4.78 is 4.77.